The summed E-state index contributed by atoms with van der Waals surface area (Å²) in [6, 6.07) is -0.506. The van der Waals surface area contributed by atoms with Crippen molar-refractivity contribution in [2.75, 3.05) is 13.6 Å². The number of alkyl halides is 3. The van der Waals surface area contributed by atoms with Crippen LogP contribution in [0.15, 0.2) is 6.20 Å². The molecule has 1 N–H and O–H groups in total. The Bertz CT molecular complexity index is 584. The van der Waals surface area contributed by atoms with Crippen LogP contribution < -0.4 is 0 Å². The van der Waals surface area contributed by atoms with Crippen molar-refractivity contribution >= 4 is 5.91 Å². The van der Waals surface area contributed by atoms with Crippen LogP contribution in [0.4, 0.5) is 13.2 Å². The van der Waals surface area contributed by atoms with Crippen LogP contribution in [0.3, 0.4) is 0 Å². The summed E-state index contributed by atoms with van der Waals surface area (Å²) in [5.74, 6) is -0.811. The van der Waals surface area contributed by atoms with Crippen molar-refractivity contribution in [3.05, 3.63) is 17.5 Å². The predicted octanol–water partition coefficient (Wildman–Crippen LogP) is 3.11. The van der Waals surface area contributed by atoms with Crippen LogP contribution in [0.1, 0.15) is 61.6 Å². The van der Waals surface area contributed by atoms with Crippen molar-refractivity contribution in [1.29, 1.82) is 0 Å². The molecule has 0 spiro atoms. The molecule has 136 valence electrons. The zero-order valence-electron chi connectivity index (χ0n) is 14.2. The molecule has 1 aromatic heterocycles. The summed E-state index contributed by atoms with van der Waals surface area (Å²) in [7, 11) is 1.47. The molecule has 2 rings (SSSR count). The first-order chi connectivity index (χ1) is 11.1. The molecule has 0 aliphatic heterocycles. The predicted molar refractivity (Wildman–Crippen MR) is 82.5 cm³/mol. The quantitative estimate of drug-likeness (QED) is 0.910. The maximum atomic E-state index is 13.4. The lowest BCUT2D eigenvalue weighted by Crippen LogP contribution is -2.38. The van der Waals surface area contributed by atoms with Gasteiger partial charge in [-0.25, -0.2) is 0 Å². The molecule has 0 aromatic carbocycles. The van der Waals surface area contributed by atoms with Crippen LogP contribution in [0.25, 0.3) is 0 Å². The zero-order chi connectivity index (χ0) is 18.1. The van der Waals surface area contributed by atoms with Gasteiger partial charge in [0, 0.05) is 25.6 Å². The summed E-state index contributed by atoms with van der Waals surface area (Å²) >= 11 is 0. The van der Waals surface area contributed by atoms with Crippen molar-refractivity contribution in [1.82, 2.24) is 14.7 Å². The van der Waals surface area contributed by atoms with E-state index in [0.717, 1.165) is 30.1 Å². The molecule has 5 nitrogen and oxygen atoms in total. The third-order valence-electron chi connectivity index (χ3n) is 4.51. The summed E-state index contributed by atoms with van der Waals surface area (Å²) in [6.07, 6.45) is -0.829. The Kier molecular flexibility index (Phi) is 5.57. The molecule has 0 bridgehead atoms. The minimum atomic E-state index is -4.66. The number of hydrogen-bond acceptors (Lipinski definition) is 3. The largest absolute Gasteiger partial charge is 0.433 e. The molecule has 0 saturated heterocycles. The molecule has 0 radical (unpaired) electrons. The first-order valence-electron chi connectivity index (χ1n) is 8.21. The Labute approximate surface area is 139 Å². The molecule has 2 atom stereocenters. The normalized spacial score (nSPS) is 22.0. The molecule has 1 saturated carbocycles. The SMILES string of the molecule is CC(C)n1ncc(C(=O)N(C)CC2CCCCC2O)c1C(F)(F)F. The van der Waals surface area contributed by atoms with E-state index in [2.05, 4.69) is 5.10 Å². The van der Waals surface area contributed by atoms with Gasteiger partial charge in [0.1, 0.15) is 0 Å². The van der Waals surface area contributed by atoms with Gasteiger partial charge in [0.05, 0.1) is 17.9 Å². The van der Waals surface area contributed by atoms with Crippen molar-refractivity contribution < 1.29 is 23.1 Å². The monoisotopic (exact) mass is 347 g/mol. The summed E-state index contributed by atoms with van der Waals surface area (Å²) in [4.78, 5) is 13.8. The van der Waals surface area contributed by atoms with Gasteiger partial charge in [-0.3, -0.25) is 9.48 Å². The highest BCUT2D eigenvalue weighted by Gasteiger charge is 2.41. The molecule has 1 aromatic rings. The number of nitrogens with zero attached hydrogens (tertiary/aromatic N) is 3. The van der Waals surface area contributed by atoms with E-state index in [4.69, 9.17) is 0 Å². The molecule has 1 heterocycles. The number of carbonyl (C=O) groups is 1. The summed E-state index contributed by atoms with van der Waals surface area (Å²) in [5, 5.41) is 13.7. The van der Waals surface area contributed by atoms with Gasteiger partial charge in [-0.15, -0.1) is 0 Å². The maximum Gasteiger partial charge on any atom is 0.433 e. The molecular weight excluding hydrogens is 323 g/mol. The maximum absolute atomic E-state index is 13.4. The smallest absolute Gasteiger partial charge is 0.393 e. The lowest BCUT2D eigenvalue weighted by molar-refractivity contribution is -0.145. The molecule has 8 heteroatoms. The van der Waals surface area contributed by atoms with Gasteiger partial charge < -0.3 is 10.0 Å². The lowest BCUT2D eigenvalue weighted by atomic mass is 9.86. The molecule has 1 amide bonds. The number of aliphatic hydroxyl groups is 1. The van der Waals surface area contributed by atoms with Crippen molar-refractivity contribution in [2.45, 2.75) is 57.9 Å². The highest BCUT2D eigenvalue weighted by atomic mass is 19.4. The number of rotatable bonds is 4. The third-order valence-corrected chi connectivity index (χ3v) is 4.51. The summed E-state index contributed by atoms with van der Waals surface area (Å²) in [6.45, 7) is 3.40. The fraction of sp³-hybridized carbons (Fsp3) is 0.750. The summed E-state index contributed by atoms with van der Waals surface area (Å²) < 4.78 is 41.0. The van der Waals surface area contributed by atoms with Crippen LogP contribution in [0, 0.1) is 5.92 Å². The van der Waals surface area contributed by atoms with Crippen LogP contribution in [0.5, 0.6) is 0 Å². The van der Waals surface area contributed by atoms with E-state index in [1.54, 1.807) is 13.8 Å². The number of hydrogen-bond donors (Lipinski definition) is 1. The Morgan fingerprint density at radius 1 is 1.42 bits per heavy atom. The second-order valence-corrected chi connectivity index (χ2v) is 6.74. The Hall–Kier alpha value is -1.57. The first-order valence-corrected chi connectivity index (χ1v) is 8.21. The zero-order valence-corrected chi connectivity index (χ0v) is 14.2. The average Bonchev–Trinajstić information content (AvgIpc) is 2.94. The third kappa shape index (κ3) is 3.91. The molecule has 2 unspecified atom stereocenters. The summed E-state index contributed by atoms with van der Waals surface area (Å²) in [5.41, 5.74) is -1.46. The van der Waals surface area contributed by atoms with E-state index in [1.165, 1.54) is 11.9 Å². The first kappa shape index (κ1) is 18.8. The van der Waals surface area contributed by atoms with Gasteiger partial charge in [0.15, 0.2) is 5.69 Å². The molecule has 1 aliphatic rings. The Morgan fingerprint density at radius 2 is 2.04 bits per heavy atom. The van der Waals surface area contributed by atoms with Crippen LogP contribution in [0.2, 0.25) is 0 Å². The number of carbonyl (C=O) groups excluding carboxylic acids is 1. The van der Waals surface area contributed by atoms with E-state index >= 15 is 0 Å². The number of amides is 1. The fourth-order valence-electron chi connectivity index (χ4n) is 3.23. The molecule has 1 fully saturated rings. The van der Waals surface area contributed by atoms with Crippen molar-refractivity contribution in [2.24, 2.45) is 5.92 Å². The number of aliphatic hydroxyl groups excluding tert-OH is 1. The molecular formula is C16H24F3N3O2. The fourth-order valence-corrected chi connectivity index (χ4v) is 3.23. The Balaban J connectivity index is 2.22. The van der Waals surface area contributed by atoms with Crippen LogP contribution >= 0.6 is 0 Å². The van der Waals surface area contributed by atoms with E-state index in [-0.39, 0.29) is 12.5 Å². The topological polar surface area (TPSA) is 58.4 Å². The second-order valence-electron chi connectivity index (χ2n) is 6.74. The van der Waals surface area contributed by atoms with Crippen molar-refractivity contribution in [3.63, 3.8) is 0 Å². The molecule has 24 heavy (non-hydrogen) atoms. The highest BCUT2D eigenvalue weighted by molar-refractivity contribution is 5.95. The van der Waals surface area contributed by atoms with Crippen molar-refractivity contribution in [3.8, 4) is 0 Å². The van der Waals surface area contributed by atoms with E-state index in [0.29, 0.717) is 6.42 Å². The molecule has 1 aliphatic carbocycles. The van der Waals surface area contributed by atoms with Gasteiger partial charge in [0.25, 0.3) is 5.91 Å². The second kappa shape index (κ2) is 7.13. The Morgan fingerprint density at radius 3 is 2.58 bits per heavy atom. The lowest BCUT2D eigenvalue weighted by Gasteiger charge is -2.31. The number of halogens is 3. The minimum Gasteiger partial charge on any atom is -0.393 e. The highest BCUT2D eigenvalue weighted by Crippen LogP contribution is 2.34. The standard InChI is InChI=1S/C16H24F3N3O2/c1-10(2)22-14(16(17,18)19)12(8-20-22)15(24)21(3)9-11-6-4-5-7-13(11)23/h8,10-11,13,23H,4-7,9H2,1-3H3. The van der Waals surface area contributed by atoms with E-state index < -0.39 is 35.5 Å². The van der Waals surface area contributed by atoms with E-state index in [1.807, 2.05) is 0 Å². The van der Waals surface area contributed by atoms with E-state index in [9.17, 15) is 23.1 Å². The van der Waals surface area contributed by atoms with Gasteiger partial charge in [-0.05, 0) is 26.7 Å². The average molecular weight is 347 g/mol. The van der Waals surface area contributed by atoms with Gasteiger partial charge in [-0.2, -0.15) is 18.3 Å². The minimum absolute atomic E-state index is 0.0952. The van der Waals surface area contributed by atoms with Gasteiger partial charge in [-0.1, -0.05) is 12.8 Å². The van der Waals surface area contributed by atoms with Crippen LogP contribution in [-0.4, -0.2) is 45.4 Å². The van der Waals surface area contributed by atoms with Gasteiger partial charge >= 0.3 is 6.18 Å². The van der Waals surface area contributed by atoms with Gasteiger partial charge in [0.2, 0.25) is 0 Å². The van der Waals surface area contributed by atoms with Crippen LogP contribution in [-0.2, 0) is 6.18 Å². The number of aromatic nitrogens is 2.